The number of rotatable bonds is 6. The molecule has 0 saturated heterocycles. The molecule has 0 fully saturated rings. The zero-order chi connectivity index (χ0) is 20.3. The van der Waals surface area contributed by atoms with E-state index in [1.165, 1.54) is 12.1 Å². The van der Waals surface area contributed by atoms with Crippen LogP contribution < -0.4 is 9.47 Å². The van der Waals surface area contributed by atoms with Gasteiger partial charge in [-0.2, -0.15) is 0 Å². The van der Waals surface area contributed by atoms with Crippen LogP contribution in [-0.4, -0.2) is 26.8 Å². The van der Waals surface area contributed by atoms with Gasteiger partial charge in [0.25, 0.3) is 5.75 Å². The molecule has 1 aromatic heterocycles. The van der Waals surface area contributed by atoms with E-state index in [1.54, 1.807) is 19.9 Å². The average molecular weight is 383 g/mol. The molecule has 144 valence electrons. The molecule has 2 aromatic carbocycles. The first-order valence-electron chi connectivity index (χ1n) is 8.61. The second-order valence-corrected chi connectivity index (χ2v) is 5.84. The molecule has 0 saturated carbocycles. The molecule has 0 aliphatic rings. The first-order valence-corrected chi connectivity index (χ1v) is 8.61. The molecule has 0 amide bonds. The number of hydrogen-bond donors (Lipinski definition) is 1. The first-order chi connectivity index (χ1) is 13.4. The lowest BCUT2D eigenvalue weighted by Crippen LogP contribution is -2.12. The van der Waals surface area contributed by atoms with Gasteiger partial charge in [0.15, 0.2) is 5.75 Å². The fourth-order valence-corrected chi connectivity index (χ4v) is 2.51. The number of nitrogens with zero attached hydrogens (tertiary/aromatic N) is 2. The number of carbonyl (C=O) groups is 2. The van der Waals surface area contributed by atoms with Crippen LogP contribution in [0.5, 0.6) is 11.5 Å². The summed E-state index contributed by atoms with van der Waals surface area (Å²) in [6.45, 7) is 3.13. The largest absolute Gasteiger partial charge is 0.422 e. The summed E-state index contributed by atoms with van der Waals surface area (Å²) in [4.78, 5) is 41.9. The van der Waals surface area contributed by atoms with E-state index >= 15 is 0 Å². The Labute approximate surface area is 159 Å². The molecule has 0 aliphatic carbocycles. The number of fused-ring (bicyclic) bond motifs is 1. The molecule has 9 nitrogen and oxygen atoms in total. The third-order valence-electron chi connectivity index (χ3n) is 3.91. The molecular weight excluding hydrogens is 366 g/mol. The minimum atomic E-state index is -0.701. The second kappa shape index (κ2) is 7.87. The molecule has 28 heavy (non-hydrogen) atoms. The van der Waals surface area contributed by atoms with Gasteiger partial charge in [0.05, 0.1) is 16.0 Å². The van der Waals surface area contributed by atoms with Crippen molar-refractivity contribution >= 4 is 28.7 Å². The van der Waals surface area contributed by atoms with E-state index in [1.807, 2.05) is 18.2 Å². The van der Waals surface area contributed by atoms with Crippen LogP contribution >= 0.6 is 0 Å². The van der Waals surface area contributed by atoms with Crippen molar-refractivity contribution in [3.05, 3.63) is 46.5 Å². The monoisotopic (exact) mass is 383 g/mol. The van der Waals surface area contributed by atoms with Crippen molar-refractivity contribution in [1.82, 2.24) is 9.97 Å². The van der Waals surface area contributed by atoms with E-state index in [0.29, 0.717) is 16.9 Å². The van der Waals surface area contributed by atoms with Crippen LogP contribution in [0.4, 0.5) is 5.69 Å². The molecule has 0 bridgehead atoms. The highest BCUT2D eigenvalue weighted by Crippen LogP contribution is 2.41. The number of benzene rings is 2. The van der Waals surface area contributed by atoms with Crippen LogP contribution in [0.2, 0.25) is 0 Å². The number of ether oxygens (including phenoxy) is 2. The van der Waals surface area contributed by atoms with Gasteiger partial charge in [0.2, 0.25) is 0 Å². The molecule has 1 N–H and O–H groups in total. The van der Waals surface area contributed by atoms with Gasteiger partial charge in [-0.1, -0.05) is 26.0 Å². The number of para-hydroxylation sites is 2. The maximum Gasteiger partial charge on any atom is 0.316 e. The summed E-state index contributed by atoms with van der Waals surface area (Å²) in [7, 11) is 0. The Balaban J connectivity index is 2.19. The Kier molecular flexibility index (Phi) is 5.35. The summed E-state index contributed by atoms with van der Waals surface area (Å²) in [5.74, 6) is -1.57. The SMILES string of the molecule is CCC(=O)Oc1cc(-c2nc3ccccc3[nH]2)cc([N+](=O)[O-])c1OC(=O)CC. The Morgan fingerprint density at radius 2 is 1.79 bits per heavy atom. The minimum absolute atomic E-state index is 0.00361. The molecule has 0 radical (unpaired) electrons. The van der Waals surface area contributed by atoms with E-state index in [-0.39, 0.29) is 18.6 Å². The molecular formula is C19H17N3O6. The van der Waals surface area contributed by atoms with Crippen molar-refractivity contribution in [3.8, 4) is 22.9 Å². The lowest BCUT2D eigenvalue weighted by atomic mass is 10.1. The maximum absolute atomic E-state index is 11.8. The van der Waals surface area contributed by atoms with Gasteiger partial charge in [0, 0.05) is 24.5 Å². The Bertz CT molecular complexity index is 1040. The van der Waals surface area contributed by atoms with Crippen LogP contribution in [0, 0.1) is 10.1 Å². The molecule has 1 heterocycles. The average Bonchev–Trinajstić information content (AvgIpc) is 3.12. The smallest absolute Gasteiger partial charge is 0.316 e. The van der Waals surface area contributed by atoms with Gasteiger partial charge in [-0.15, -0.1) is 0 Å². The molecule has 9 heteroatoms. The van der Waals surface area contributed by atoms with Crippen molar-refractivity contribution in [3.63, 3.8) is 0 Å². The lowest BCUT2D eigenvalue weighted by molar-refractivity contribution is -0.385. The molecule has 0 spiro atoms. The lowest BCUT2D eigenvalue weighted by Gasteiger charge is -2.11. The summed E-state index contributed by atoms with van der Waals surface area (Å²) >= 11 is 0. The summed E-state index contributed by atoms with van der Waals surface area (Å²) in [6, 6.07) is 9.86. The standard InChI is InChI=1S/C19H17N3O6/c1-3-16(23)27-15-10-11(19-20-12-7-5-6-8-13(12)21-19)9-14(22(25)26)18(15)28-17(24)4-2/h5-10H,3-4H2,1-2H3,(H,20,21). The third kappa shape index (κ3) is 3.83. The van der Waals surface area contributed by atoms with E-state index in [4.69, 9.17) is 9.47 Å². The Morgan fingerprint density at radius 1 is 1.11 bits per heavy atom. The summed E-state index contributed by atoms with van der Waals surface area (Å²) in [6.07, 6.45) is 0.0491. The highest BCUT2D eigenvalue weighted by Gasteiger charge is 2.27. The number of esters is 2. The number of carbonyl (C=O) groups excluding carboxylic acids is 2. The number of nitro benzene ring substituents is 1. The van der Waals surface area contributed by atoms with Gasteiger partial charge >= 0.3 is 17.6 Å². The van der Waals surface area contributed by atoms with Gasteiger partial charge in [-0.3, -0.25) is 19.7 Å². The molecule has 3 aromatic rings. The maximum atomic E-state index is 11.8. The summed E-state index contributed by atoms with van der Waals surface area (Å²) in [5, 5.41) is 11.6. The van der Waals surface area contributed by atoms with E-state index in [9.17, 15) is 19.7 Å². The van der Waals surface area contributed by atoms with Crippen LogP contribution in [-0.2, 0) is 9.59 Å². The van der Waals surface area contributed by atoms with Crippen molar-refractivity contribution in [2.75, 3.05) is 0 Å². The van der Waals surface area contributed by atoms with Crippen molar-refractivity contribution in [2.24, 2.45) is 0 Å². The topological polar surface area (TPSA) is 124 Å². The summed E-state index contributed by atoms with van der Waals surface area (Å²) < 4.78 is 10.3. The number of nitro groups is 1. The van der Waals surface area contributed by atoms with Crippen molar-refractivity contribution < 1.29 is 24.0 Å². The number of aromatic amines is 1. The molecule has 0 atom stereocenters. The van der Waals surface area contributed by atoms with Crippen LogP contribution in [0.3, 0.4) is 0 Å². The number of nitrogens with one attached hydrogen (secondary N) is 1. The quantitative estimate of drug-likeness (QED) is 0.297. The number of hydrogen-bond acceptors (Lipinski definition) is 7. The second-order valence-electron chi connectivity index (χ2n) is 5.84. The van der Waals surface area contributed by atoms with Crippen molar-refractivity contribution in [1.29, 1.82) is 0 Å². The molecule has 3 rings (SSSR count). The molecule has 0 unspecified atom stereocenters. The zero-order valence-electron chi connectivity index (χ0n) is 15.2. The van der Waals surface area contributed by atoms with E-state index in [0.717, 1.165) is 5.52 Å². The predicted molar refractivity (Wildman–Crippen MR) is 100 cm³/mol. The third-order valence-corrected chi connectivity index (χ3v) is 3.91. The van der Waals surface area contributed by atoms with Gasteiger partial charge in [-0.05, 0) is 18.2 Å². The van der Waals surface area contributed by atoms with Crippen molar-refractivity contribution in [2.45, 2.75) is 26.7 Å². The van der Waals surface area contributed by atoms with E-state index < -0.39 is 28.3 Å². The fourth-order valence-electron chi connectivity index (χ4n) is 2.51. The minimum Gasteiger partial charge on any atom is -0.422 e. The highest BCUT2D eigenvalue weighted by atomic mass is 16.6. The predicted octanol–water partition coefficient (Wildman–Crippen LogP) is 3.77. The number of H-pyrrole nitrogens is 1. The van der Waals surface area contributed by atoms with Crippen LogP contribution in [0.25, 0.3) is 22.4 Å². The van der Waals surface area contributed by atoms with Gasteiger partial charge in [-0.25, -0.2) is 4.98 Å². The Hall–Kier alpha value is -3.75. The Morgan fingerprint density at radius 3 is 2.43 bits per heavy atom. The zero-order valence-corrected chi connectivity index (χ0v) is 15.2. The molecule has 0 aliphatic heterocycles. The number of imidazole rings is 1. The van der Waals surface area contributed by atoms with Gasteiger partial charge in [0.1, 0.15) is 5.82 Å². The van der Waals surface area contributed by atoms with E-state index in [2.05, 4.69) is 9.97 Å². The van der Waals surface area contributed by atoms with Gasteiger partial charge < -0.3 is 14.5 Å². The normalized spacial score (nSPS) is 10.6. The number of aromatic nitrogens is 2. The van der Waals surface area contributed by atoms with Crippen LogP contribution in [0.15, 0.2) is 36.4 Å². The summed E-state index contributed by atoms with van der Waals surface area (Å²) in [5.41, 5.74) is 1.24. The fraction of sp³-hybridized carbons (Fsp3) is 0.211. The van der Waals surface area contributed by atoms with Crippen LogP contribution in [0.1, 0.15) is 26.7 Å². The highest BCUT2D eigenvalue weighted by molar-refractivity contribution is 5.83. The first kappa shape index (κ1) is 19.0.